The number of aromatic nitrogens is 2. The number of nitrogens with one attached hydrogen (secondary N) is 2. The number of amides is 2. The lowest BCUT2D eigenvalue weighted by Gasteiger charge is -2.17. The third-order valence-corrected chi connectivity index (χ3v) is 2.77. The van der Waals surface area contributed by atoms with Gasteiger partial charge in [-0.05, 0) is 18.2 Å². The molecule has 0 saturated heterocycles. The van der Waals surface area contributed by atoms with Gasteiger partial charge in [0.05, 0.1) is 18.3 Å². The molecule has 8 heteroatoms. The van der Waals surface area contributed by atoms with E-state index < -0.39 is 23.4 Å². The molecular formula is C13H13FN4O3. The standard InChI is InChI=1S/C13H13FN4O3/c1-18(7-8-5-15-16-6-8)13(21)17-9-2-3-11(14)10(4-9)12(19)20/h2-6H,7H2,1H3,(H,15,16)(H,17,21)(H,19,20). The monoisotopic (exact) mass is 292 g/mol. The molecule has 21 heavy (non-hydrogen) atoms. The van der Waals surface area contributed by atoms with Gasteiger partial charge in [0.2, 0.25) is 0 Å². The van der Waals surface area contributed by atoms with E-state index in [0.717, 1.165) is 17.7 Å². The number of rotatable bonds is 4. The molecule has 0 atom stereocenters. The smallest absolute Gasteiger partial charge is 0.338 e. The average Bonchev–Trinajstić information content (AvgIpc) is 2.93. The molecular weight excluding hydrogens is 279 g/mol. The van der Waals surface area contributed by atoms with Crippen molar-refractivity contribution in [3.8, 4) is 0 Å². The van der Waals surface area contributed by atoms with Gasteiger partial charge in [-0.2, -0.15) is 5.10 Å². The maximum atomic E-state index is 13.3. The molecule has 0 bridgehead atoms. The van der Waals surface area contributed by atoms with Gasteiger partial charge in [0, 0.05) is 24.5 Å². The molecule has 0 fully saturated rings. The van der Waals surface area contributed by atoms with Crippen LogP contribution in [0.3, 0.4) is 0 Å². The van der Waals surface area contributed by atoms with Crippen molar-refractivity contribution in [2.24, 2.45) is 0 Å². The van der Waals surface area contributed by atoms with Crippen molar-refractivity contribution in [1.82, 2.24) is 15.1 Å². The Bertz CT molecular complexity index is 657. The highest BCUT2D eigenvalue weighted by Crippen LogP contribution is 2.15. The van der Waals surface area contributed by atoms with E-state index in [0.29, 0.717) is 6.54 Å². The second-order valence-corrected chi connectivity index (χ2v) is 4.39. The molecule has 110 valence electrons. The minimum Gasteiger partial charge on any atom is -0.478 e. The zero-order valence-corrected chi connectivity index (χ0v) is 11.1. The van der Waals surface area contributed by atoms with Crippen LogP contribution in [0.2, 0.25) is 0 Å². The number of nitrogens with zero attached hydrogens (tertiary/aromatic N) is 2. The van der Waals surface area contributed by atoms with Crippen LogP contribution >= 0.6 is 0 Å². The number of aromatic carboxylic acids is 1. The van der Waals surface area contributed by atoms with Crippen LogP contribution in [0.4, 0.5) is 14.9 Å². The van der Waals surface area contributed by atoms with Gasteiger partial charge in [-0.25, -0.2) is 14.0 Å². The van der Waals surface area contributed by atoms with Gasteiger partial charge in [-0.15, -0.1) is 0 Å². The molecule has 0 spiro atoms. The number of halogens is 1. The summed E-state index contributed by atoms with van der Waals surface area (Å²) in [6, 6.07) is 2.92. The number of carboxylic acids is 1. The number of urea groups is 1. The molecule has 0 aliphatic carbocycles. The molecule has 0 aliphatic rings. The maximum absolute atomic E-state index is 13.3. The fourth-order valence-corrected chi connectivity index (χ4v) is 1.70. The van der Waals surface area contributed by atoms with Gasteiger partial charge in [-0.1, -0.05) is 0 Å². The second kappa shape index (κ2) is 6.04. The summed E-state index contributed by atoms with van der Waals surface area (Å²) in [6.45, 7) is 0.329. The molecule has 3 N–H and O–H groups in total. The first-order valence-corrected chi connectivity index (χ1v) is 6.00. The number of benzene rings is 1. The number of H-pyrrole nitrogens is 1. The highest BCUT2D eigenvalue weighted by Gasteiger charge is 2.14. The topological polar surface area (TPSA) is 98.3 Å². The number of carbonyl (C=O) groups excluding carboxylic acids is 1. The van der Waals surface area contributed by atoms with Gasteiger partial charge < -0.3 is 15.3 Å². The number of carbonyl (C=O) groups is 2. The minimum absolute atomic E-state index is 0.206. The number of anilines is 1. The van der Waals surface area contributed by atoms with Crippen LogP contribution in [-0.2, 0) is 6.54 Å². The summed E-state index contributed by atoms with van der Waals surface area (Å²) in [5.41, 5.74) is 0.529. The van der Waals surface area contributed by atoms with E-state index >= 15 is 0 Å². The van der Waals surface area contributed by atoms with Crippen LogP contribution in [0, 0.1) is 5.82 Å². The summed E-state index contributed by atoms with van der Waals surface area (Å²) < 4.78 is 13.3. The van der Waals surface area contributed by atoms with Gasteiger partial charge >= 0.3 is 12.0 Å². The normalized spacial score (nSPS) is 10.2. The summed E-state index contributed by atoms with van der Waals surface area (Å²) >= 11 is 0. The highest BCUT2D eigenvalue weighted by molar-refractivity contribution is 5.93. The Morgan fingerprint density at radius 1 is 1.48 bits per heavy atom. The van der Waals surface area contributed by atoms with Gasteiger partial charge in [0.25, 0.3) is 0 Å². The molecule has 1 aromatic carbocycles. The molecule has 0 unspecified atom stereocenters. The Morgan fingerprint density at radius 2 is 2.24 bits per heavy atom. The first kappa shape index (κ1) is 14.5. The van der Waals surface area contributed by atoms with Crippen LogP contribution in [0.5, 0.6) is 0 Å². The number of hydrogen-bond donors (Lipinski definition) is 3. The summed E-state index contributed by atoms with van der Waals surface area (Å²) in [5.74, 6) is -2.25. The van der Waals surface area contributed by atoms with Crippen molar-refractivity contribution in [1.29, 1.82) is 0 Å². The van der Waals surface area contributed by atoms with Crippen LogP contribution in [0.15, 0.2) is 30.6 Å². The molecule has 0 aliphatic heterocycles. The van der Waals surface area contributed by atoms with Crippen molar-refractivity contribution >= 4 is 17.7 Å². The summed E-state index contributed by atoms with van der Waals surface area (Å²) in [6.07, 6.45) is 3.24. The third-order valence-electron chi connectivity index (χ3n) is 2.77. The fourth-order valence-electron chi connectivity index (χ4n) is 1.70. The Kier molecular flexibility index (Phi) is 4.17. The number of hydrogen-bond acceptors (Lipinski definition) is 3. The second-order valence-electron chi connectivity index (χ2n) is 4.39. The first-order chi connectivity index (χ1) is 9.97. The van der Waals surface area contributed by atoms with E-state index in [1.54, 1.807) is 19.4 Å². The van der Waals surface area contributed by atoms with Crippen LogP contribution < -0.4 is 5.32 Å². The van der Waals surface area contributed by atoms with Crippen molar-refractivity contribution in [3.63, 3.8) is 0 Å². The quantitative estimate of drug-likeness (QED) is 0.801. The van der Waals surface area contributed by atoms with E-state index in [2.05, 4.69) is 15.5 Å². The molecule has 0 saturated carbocycles. The van der Waals surface area contributed by atoms with E-state index in [1.165, 1.54) is 11.0 Å². The minimum atomic E-state index is -1.39. The predicted octanol–water partition coefficient (Wildman–Crippen LogP) is 1.91. The summed E-state index contributed by atoms with van der Waals surface area (Å²) in [7, 11) is 1.57. The Hall–Kier alpha value is -2.90. The summed E-state index contributed by atoms with van der Waals surface area (Å²) in [5, 5.41) is 17.7. The van der Waals surface area contributed by atoms with Crippen molar-refractivity contribution in [2.45, 2.75) is 6.54 Å². The zero-order chi connectivity index (χ0) is 15.4. The van der Waals surface area contributed by atoms with Crippen LogP contribution in [0.1, 0.15) is 15.9 Å². The Balaban J connectivity index is 2.05. The van der Waals surface area contributed by atoms with Crippen molar-refractivity contribution < 1.29 is 19.1 Å². The fraction of sp³-hybridized carbons (Fsp3) is 0.154. The average molecular weight is 292 g/mol. The maximum Gasteiger partial charge on any atom is 0.338 e. The lowest BCUT2D eigenvalue weighted by atomic mass is 10.2. The Labute approximate surface area is 119 Å². The molecule has 0 radical (unpaired) electrons. The SMILES string of the molecule is CN(Cc1cn[nH]c1)C(=O)Nc1ccc(F)c(C(=O)O)c1. The zero-order valence-electron chi connectivity index (χ0n) is 11.1. The number of carboxylic acid groups (broad SMARTS) is 1. The molecule has 2 amide bonds. The van der Waals surface area contributed by atoms with Gasteiger partial charge in [-0.3, -0.25) is 5.10 Å². The molecule has 1 aromatic heterocycles. The lowest BCUT2D eigenvalue weighted by molar-refractivity contribution is 0.0692. The predicted molar refractivity (Wildman–Crippen MR) is 72.4 cm³/mol. The van der Waals surface area contributed by atoms with Crippen LogP contribution in [0.25, 0.3) is 0 Å². The molecule has 1 heterocycles. The van der Waals surface area contributed by atoms with E-state index in [-0.39, 0.29) is 5.69 Å². The van der Waals surface area contributed by atoms with Crippen molar-refractivity contribution in [3.05, 3.63) is 47.5 Å². The molecule has 7 nitrogen and oxygen atoms in total. The van der Waals surface area contributed by atoms with E-state index in [9.17, 15) is 14.0 Å². The van der Waals surface area contributed by atoms with Gasteiger partial charge in [0.1, 0.15) is 5.82 Å². The third kappa shape index (κ3) is 3.56. The largest absolute Gasteiger partial charge is 0.478 e. The summed E-state index contributed by atoms with van der Waals surface area (Å²) in [4.78, 5) is 24.2. The van der Waals surface area contributed by atoms with Crippen molar-refractivity contribution in [2.75, 3.05) is 12.4 Å². The number of aromatic amines is 1. The molecule has 2 rings (SSSR count). The lowest BCUT2D eigenvalue weighted by Crippen LogP contribution is -2.30. The Morgan fingerprint density at radius 3 is 2.86 bits per heavy atom. The van der Waals surface area contributed by atoms with Crippen LogP contribution in [-0.4, -0.2) is 39.3 Å². The molecule has 2 aromatic rings. The van der Waals surface area contributed by atoms with E-state index in [1.807, 2.05) is 0 Å². The van der Waals surface area contributed by atoms with Gasteiger partial charge in [0.15, 0.2) is 0 Å². The first-order valence-electron chi connectivity index (χ1n) is 6.00. The highest BCUT2D eigenvalue weighted by atomic mass is 19.1. The van der Waals surface area contributed by atoms with E-state index in [4.69, 9.17) is 5.11 Å².